The zero-order valence-corrected chi connectivity index (χ0v) is 24.1. The van der Waals surface area contributed by atoms with E-state index in [0.717, 1.165) is 11.1 Å². The van der Waals surface area contributed by atoms with Crippen LogP contribution in [0.15, 0.2) is 54.6 Å². The molecule has 2 rings (SSSR count). The smallest absolute Gasteiger partial charge is 0.326 e. The number of carboxylic acids is 1. The molecule has 0 fully saturated rings. The molecule has 4 atom stereocenters. The van der Waals surface area contributed by atoms with Gasteiger partial charge in [0.2, 0.25) is 17.7 Å². The van der Waals surface area contributed by atoms with Crippen LogP contribution in [0.5, 0.6) is 5.75 Å². The summed E-state index contributed by atoms with van der Waals surface area (Å²) in [6.45, 7) is 0.402. The minimum Gasteiger partial charge on any atom is -0.508 e. The monoisotopic (exact) mass is 587 g/mol. The fraction of sp³-hybridized carbons (Fsp3) is 0.448. The SMILES string of the molecule is CSCCC(NC(=O)C(N)Cc1ccc(O)cc1)C(=O)NC(CCCCN)C(=O)NC(Cc1ccccc1)C(=O)O. The highest BCUT2D eigenvalue weighted by Gasteiger charge is 2.30. The summed E-state index contributed by atoms with van der Waals surface area (Å²) in [6, 6.07) is 11.1. The molecular formula is C29H41N5O6S. The maximum absolute atomic E-state index is 13.3. The molecular weight excluding hydrogens is 546 g/mol. The van der Waals surface area contributed by atoms with E-state index in [1.165, 1.54) is 23.9 Å². The lowest BCUT2D eigenvalue weighted by molar-refractivity contribution is -0.142. The molecule has 0 aromatic heterocycles. The summed E-state index contributed by atoms with van der Waals surface area (Å²) in [5, 5.41) is 27.2. The van der Waals surface area contributed by atoms with Crippen LogP contribution in [0.3, 0.4) is 0 Å². The molecule has 0 heterocycles. The molecule has 2 aromatic rings. The van der Waals surface area contributed by atoms with Crippen molar-refractivity contribution in [3.05, 3.63) is 65.7 Å². The number of nitrogens with two attached hydrogens (primary N) is 2. The van der Waals surface area contributed by atoms with Gasteiger partial charge in [-0.05, 0) is 73.9 Å². The summed E-state index contributed by atoms with van der Waals surface area (Å²) >= 11 is 1.50. The summed E-state index contributed by atoms with van der Waals surface area (Å²) in [6.07, 6.45) is 3.84. The molecule has 0 spiro atoms. The van der Waals surface area contributed by atoms with Crippen LogP contribution < -0.4 is 27.4 Å². The van der Waals surface area contributed by atoms with E-state index >= 15 is 0 Å². The minimum absolute atomic E-state index is 0.0801. The number of aliphatic carboxylic acids is 1. The van der Waals surface area contributed by atoms with E-state index in [0.29, 0.717) is 31.6 Å². The molecule has 0 radical (unpaired) electrons. The molecule has 11 nitrogen and oxygen atoms in total. The molecule has 0 aliphatic rings. The van der Waals surface area contributed by atoms with E-state index < -0.39 is 47.9 Å². The van der Waals surface area contributed by atoms with E-state index in [-0.39, 0.29) is 25.0 Å². The molecule has 12 heteroatoms. The van der Waals surface area contributed by atoms with Gasteiger partial charge in [0.15, 0.2) is 0 Å². The predicted octanol–water partition coefficient (Wildman–Crippen LogP) is 0.926. The van der Waals surface area contributed by atoms with Crippen molar-refractivity contribution in [2.75, 3.05) is 18.6 Å². The number of nitrogens with one attached hydrogen (secondary N) is 3. The number of carbonyl (C=O) groups is 4. The van der Waals surface area contributed by atoms with Gasteiger partial charge in [0.05, 0.1) is 6.04 Å². The van der Waals surface area contributed by atoms with Crippen molar-refractivity contribution in [2.24, 2.45) is 11.5 Å². The summed E-state index contributed by atoms with van der Waals surface area (Å²) in [5.74, 6) is -2.25. The quantitative estimate of drug-likeness (QED) is 0.124. The summed E-state index contributed by atoms with van der Waals surface area (Å²) in [7, 11) is 0. The Balaban J connectivity index is 2.11. The normalized spacial score (nSPS) is 13.8. The molecule has 2 aromatic carbocycles. The first-order valence-electron chi connectivity index (χ1n) is 13.5. The Morgan fingerprint density at radius 1 is 0.780 bits per heavy atom. The van der Waals surface area contributed by atoms with Gasteiger partial charge < -0.3 is 37.6 Å². The number of carboxylic acid groups (broad SMARTS) is 1. The van der Waals surface area contributed by atoms with Crippen LogP contribution in [-0.2, 0) is 32.0 Å². The largest absolute Gasteiger partial charge is 0.508 e. The Morgan fingerprint density at radius 2 is 1.34 bits per heavy atom. The second-order valence-corrected chi connectivity index (χ2v) is 10.7. The Morgan fingerprint density at radius 3 is 1.93 bits per heavy atom. The fourth-order valence-electron chi connectivity index (χ4n) is 4.12. The zero-order chi connectivity index (χ0) is 30.2. The molecule has 0 saturated heterocycles. The first-order valence-corrected chi connectivity index (χ1v) is 14.9. The Hall–Kier alpha value is -3.61. The van der Waals surface area contributed by atoms with Crippen molar-refractivity contribution < 1.29 is 29.4 Å². The van der Waals surface area contributed by atoms with E-state index in [9.17, 15) is 29.4 Å². The second-order valence-electron chi connectivity index (χ2n) is 9.75. The lowest BCUT2D eigenvalue weighted by Gasteiger charge is -2.25. The van der Waals surface area contributed by atoms with Gasteiger partial charge in [0, 0.05) is 6.42 Å². The Labute approximate surface area is 244 Å². The second kappa shape index (κ2) is 17.9. The van der Waals surface area contributed by atoms with Gasteiger partial charge in [0.25, 0.3) is 0 Å². The van der Waals surface area contributed by atoms with Crippen molar-refractivity contribution in [1.82, 2.24) is 16.0 Å². The molecule has 0 aliphatic heterocycles. The molecule has 4 unspecified atom stereocenters. The Bertz CT molecular complexity index is 1120. The molecule has 0 bridgehead atoms. The summed E-state index contributed by atoms with van der Waals surface area (Å²) < 4.78 is 0. The number of amides is 3. The van der Waals surface area contributed by atoms with Crippen LogP contribution in [0.25, 0.3) is 0 Å². The maximum atomic E-state index is 13.3. The van der Waals surface area contributed by atoms with Gasteiger partial charge in [0.1, 0.15) is 23.9 Å². The molecule has 224 valence electrons. The molecule has 0 saturated carbocycles. The summed E-state index contributed by atoms with van der Waals surface area (Å²) in [4.78, 5) is 51.4. The molecule has 9 N–H and O–H groups in total. The number of hydrogen-bond donors (Lipinski definition) is 7. The summed E-state index contributed by atoms with van der Waals surface area (Å²) in [5.41, 5.74) is 13.2. The maximum Gasteiger partial charge on any atom is 0.326 e. The highest BCUT2D eigenvalue weighted by atomic mass is 32.2. The van der Waals surface area contributed by atoms with E-state index in [1.54, 1.807) is 36.4 Å². The third kappa shape index (κ3) is 12.2. The van der Waals surface area contributed by atoms with Crippen LogP contribution in [0, 0.1) is 0 Å². The molecule has 41 heavy (non-hydrogen) atoms. The van der Waals surface area contributed by atoms with Crippen molar-refractivity contribution >= 4 is 35.5 Å². The zero-order valence-electron chi connectivity index (χ0n) is 23.3. The number of rotatable bonds is 18. The van der Waals surface area contributed by atoms with Crippen LogP contribution in [0.2, 0.25) is 0 Å². The average Bonchev–Trinajstić information content (AvgIpc) is 2.95. The van der Waals surface area contributed by atoms with Crippen molar-refractivity contribution in [3.8, 4) is 5.75 Å². The van der Waals surface area contributed by atoms with Gasteiger partial charge in [-0.25, -0.2) is 4.79 Å². The number of benzene rings is 2. The lowest BCUT2D eigenvalue weighted by Crippen LogP contribution is -2.57. The lowest BCUT2D eigenvalue weighted by atomic mass is 10.0. The number of phenols is 1. The van der Waals surface area contributed by atoms with Crippen LogP contribution in [-0.4, -0.2) is 76.6 Å². The molecule has 0 aliphatic carbocycles. The third-order valence-corrected chi connectivity index (χ3v) is 7.09. The van der Waals surface area contributed by atoms with Gasteiger partial charge in [-0.3, -0.25) is 14.4 Å². The molecule has 3 amide bonds. The van der Waals surface area contributed by atoms with Crippen molar-refractivity contribution in [2.45, 2.75) is 62.7 Å². The van der Waals surface area contributed by atoms with Crippen LogP contribution >= 0.6 is 11.8 Å². The highest BCUT2D eigenvalue weighted by molar-refractivity contribution is 7.98. The number of phenolic OH excluding ortho intramolecular Hbond substituents is 1. The first kappa shape index (κ1) is 33.6. The van der Waals surface area contributed by atoms with E-state index in [1.807, 2.05) is 12.3 Å². The number of unbranched alkanes of at least 4 members (excludes halogenated alkanes) is 1. The van der Waals surface area contributed by atoms with Gasteiger partial charge >= 0.3 is 5.97 Å². The first-order chi connectivity index (χ1) is 19.6. The average molecular weight is 588 g/mol. The van der Waals surface area contributed by atoms with Crippen molar-refractivity contribution in [3.63, 3.8) is 0 Å². The topological polar surface area (TPSA) is 197 Å². The van der Waals surface area contributed by atoms with Crippen LogP contribution in [0.1, 0.15) is 36.8 Å². The van der Waals surface area contributed by atoms with Gasteiger partial charge in [-0.1, -0.05) is 42.5 Å². The van der Waals surface area contributed by atoms with E-state index in [2.05, 4.69) is 16.0 Å². The van der Waals surface area contributed by atoms with Crippen LogP contribution in [0.4, 0.5) is 0 Å². The minimum atomic E-state index is -1.19. The fourth-order valence-corrected chi connectivity index (χ4v) is 4.59. The number of aromatic hydroxyl groups is 1. The van der Waals surface area contributed by atoms with Crippen molar-refractivity contribution in [1.29, 1.82) is 0 Å². The number of thioether (sulfide) groups is 1. The Kier molecular flexibility index (Phi) is 14.7. The standard InChI is InChI=1S/C29H41N5O6S/c1-41-16-14-24(32-26(36)22(31)17-20-10-12-21(35)13-11-20)28(38)33-23(9-5-6-15-30)27(37)34-25(29(39)40)18-19-7-3-2-4-8-19/h2-4,7-8,10-13,22-25,35H,5-6,9,14-18,30-31H2,1H3,(H,32,36)(H,33,38)(H,34,37)(H,39,40). The van der Waals surface area contributed by atoms with Gasteiger partial charge in [-0.15, -0.1) is 0 Å². The van der Waals surface area contributed by atoms with E-state index in [4.69, 9.17) is 11.5 Å². The highest BCUT2D eigenvalue weighted by Crippen LogP contribution is 2.12. The van der Waals surface area contributed by atoms with Gasteiger partial charge in [-0.2, -0.15) is 11.8 Å². The predicted molar refractivity (Wildman–Crippen MR) is 159 cm³/mol. The number of carbonyl (C=O) groups excluding carboxylic acids is 3. The number of hydrogen-bond acceptors (Lipinski definition) is 8. The third-order valence-electron chi connectivity index (χ3n) is 6.45.